The highest BCUT2D eigenvalue weighted by Crippen LogP contribution is 2.25. The molecule has 8 nitrogen and oxygen atoms in total. The Labute approximate surface area is 186 Å². The van der Waals surface area contributed by atoms with Crippen LogP contribution in [-0.2, 0) is 17.9 Å². The van der Waals surface area contributed by atoms with E-state index in [1.165, 1.54) is 17.5 Å². The average molecular weight is 437 g/mol. The zero-order valence-corrected chi connectivity index (χ0v) is 18.3. The number of nitrogens with one attached hydrogen (secondary N) is 1. The van der Waals surface area contributed by atoms with Crippen LogP contribution in [0.2, 0.25) is 0 Å². The molecule has 0 spiro atoms. The molecular formula is C24H28N4O4. The number of benzene rings is 2. The van der Waals surface area contributed by atoms with Crippen molar-refractivity contribution in [1.29, 1.82) is 0 Å². The number of likely N-dealkylation sites (tertiary alicyclic amines) is 1. The molecule has 0 radical (unpaired) electrons. The van der Waals surface area contributed by atoms with Gasteiger partial charge in [-0.2, -0.15) is 5.10 Å². The normalized spacial score (nSPS) is 13.9. The minimum Gasteiger partial charge on any atom is -0.493 e. The van der Waals surface area contributed by atoms with Gasteiger partial charge in [0, 0.05) is 11.9 Å². The Morgan fingerprint density at radius 1 is 1.00 bits per heavy atom. The van der Waals surface area contributed by atoms with Crippen LogP contribution in [0.1, 0.15) is 18.5 Å². The molecule has 0 aliphatic carbocycles. The van der Waals surface area contributed by atoms with Gasteiger partial charge in [-0.05, 0) is 44.1 Å². The fraction of sp³-hybridized carbons (Fsp3) is 0.375. The molecule has 1 aliphatic rings. The minimum atomic E-state index is -0.281. The molecule has 1 N–H and O–H groups in total. The third kappa shape index (κ3) is 5.08. The number of hydrogen-bond acceptors (Lipinski definition) is 6. The SMILES string of the molecule is COc1ccccc1OCC(=O)NCc1nn(CCN2CCCC2)c(=O)c2ccccc12. The van der Waals surface area contributed by atoms with E-state index in [-0.39, 0.29) is 24.6 Å². The molecule has 0 atom stereocenters. The highest BCUT2D eigenvalue weighted by molar-refractivity contribution is 5.84. The molecule has 1 aliphatic heterocycles. The van der Waals surface area contributed by atoms with Crippen LogP contribution >= 0.6 is 0 Å². The topological polar surface area (TPSA) is 85.7 Å². The molecule has 2 heterocycles. The van der Waals surface area contributed by atoms with Crippen molar-refractivity contribution < 1.29 is 14.3 Å². The van der Waals surface area contributed by atoms with Gasteiger partial charge in [0.05, 0.1) is 31.3 Å². The van der Waals surface area contributed by atoms with Crippen molar-refractivity contribution in [2.24, 2.45) is 0 Å². The van der Waals surface area contributed by atoms with Crippen LogP contribution in [0.3, 0.4) is 0 Å². The molecule has 8 heteroatoms. The van der Waals surface area contributed by atoms with Gasteiger partial charge in [-0.25, -0.2) is 4.68 Å². The number of hydrogen-bond donors (Lipinski definition) is 1. The van der Waals surface area contributed by atoms with Gasteiger partial charge in [-0.1, -0.05) is 30.3 Å². The maximum atomic E-state index is 12.9. The van der Waals surface area contributed by atoms with Crippen molar-refractivity contribution in [2.45, 2.75) is 25.9 Å². The quantitative estimate of drug-likeness (QED) is 0.554. The van der Waals surface area contributed by atoms with E-state index < -0.39 is 0 Å². The number of ether oxygens (including phenoxy) is 2. The van der Waals surface area contributed by atoms with E-state index >= 15 is 0 Å². The third-order valence-electron chi connectivity index (χ3n) is 5.65. The Morgan fingerprint density at radius 3 is 2.44 bits per heavy atom. The average Bonchev–Trinajstić information content (AvgIpc) is 3.35. The molecule has 2 aromatic carbocycles. The van der Waals surface area contributed by atoms with E-state index in [4.69, 9.17) is 9.47 Å². The van der Waals surface area contributed by atoms with Crippen molar-refractivity contribution in [3.63, 3.8) is 0 Å². The fourth-order valence-electron chi connectivity index (χ4n) is 3.94. The first kappa shape index (κ1) is 21.8. The largest absolute Gasteiger partial charge is 0.493 e. The first-order valence-corrected chi connectivity index (χ1v) is 10.9. The van der Waals surface area contributed by atoms with Crippen molar-refractivity contribution in [3.8, 4) is 11.5 Å². The summed E-state index contributed by atoms with van der Waals surface area (Å²) in [5.41, 5.74) is 0.557. The van der Waals surface area contributed by atoms with Crippen LogP contribution in [0.5, 0.6) is 11.5 Å². The van der Waals surface area contributed by atoms with Crippen LogP contribution in [-0.4, -0.2) is 53.9 Å². The van der Waals surface area contributed by atoms with Gasteiger partial charge in [-0.15, -0.1) is 0 Å². The summed E-state index contributed by atoms with van der Waals surface area (Å²) in [5.74, 6) is 0.791. The second-order valence-electron chi connectivity index (χ2n) is 7.79. The number of nitrogens with zero attached hydrogens (tertiary/aromatic N) is 3. The summed E-state index contributed by atoms with van der Waals surface area (Å²) in [6.45, 7) is 3.52. The summed E-state index contributed by atoms with van der Waals surface area (Å²) in [4.78, 5) is 27.7. The predicted octanol–water partition coefficient (Wildman–Crippen LogP) is 2.20. The standard InChI is InChI=1S/C24H28N4O4/c1-31-21-10-4-5-11-22(21)32-17-23(29)25-16-20-18-8-2-3-9-19(18)24(30)28(26-20)15-14-27-12-6-7-13-27/h2-5,8-11H,6-7,12-17H2,1H3,(H,25,29). The molecule has 32 heavy (non-hydrogen) atoms. The van der Waals surface area contributed by atoms with Gasteiger partial charge in [-0.3, -0.25) is 9.59 Å². The highest BCUT2D eigenvalue weighted by atomic mass is 16.5. The van der Waals surface area contributed by atoms with Gasteiger partial charge >= 0.3 is 0 Å². The van der Waals surface area contributed by atoms with Crippen molar-refractivity contribution in [1.82, 2.24) is 20.0 Å². The summed E-state index contributed by atoms with van der Waals surface area (Å²) in [5, 5.41) is 8.79. The second kappa shape index (κ2) is 10.3. The molecule has 0 saturated carbocycles. The molecule has 1 fully saturated rings. The van der Waals surface area contributed by atoms with Crippen molar-refractivity contribution in [3.05, 3.63) is 64.6 Å². The Hall–Kier alpha value is -3.39. The van der Waals surface area contributed by atoms with E-state index in [1.54, 1.807) is 19.2 Å². The van der Waals surface area contributed by atoms with Crippen LogP contribution in [0, 0.1) is 0 Å². The van der Waals surface area contributed by atoms with Crippen molar-refractivity contribution in [2.75, 3.05) is 33.4 Å². The maximum Gasteiger partial charge on any atom is 0.274 e. The number of fused-ring (bicyclic) bond motifs is 1. The number of carbonyl (C=O) groups excluding carboxylic acids is 1. The number of amides is 1. The molecule has 0 bridgehead atoms. The number of para-hydroxylation sites is 2. The Balaban J connectivity index is 1.44. The van der Waals surface area contributed by atoms with Crippen LogP contribution in [0.25, 0.3) is 10.8 Å². The summed E-state index contributed by atoms with van der Waals surface area (Å²) in [6.07, 6.45) is 2.41. The van der Waals surface area contributed by atoms with Crippen LogP contribution in [0.4, 0.5) is 0 Å². The highest BCUT2D eigenvalue weighted by Gasteiger charge is 2.15. The molecule has 3 aromatic rings. The fourth-order valence-corrected chi connectivity index (χ4v) is 3.94. The van der Waals surface area contributed by atoms with E-state index in [0.717, 1.165) is 25.0 Å². The van der Waals surface area contributed by atoms with Crippen LogP contribution < -0.4 is 20.3 Å². The minimum absolute atomic E-state index is 0.102. The summed E-state index contributed by atoms with van der Waals surface area (Å²) < 4.78 is 12.3. The predicted molar refractivity (Wildman–Crippen MR) is 122 cm³/mol. The Bertz CT molecular complexity index is 1140. The van der Waals surface area contributed by atoms with Gasteiger partial charge in [0.15, 0.2) is 18.1 Å². The lowest BCUT2D eigenvalue weighted by Gasteiger charge is -2.16. The molecule has 1 amide bonds. The van der Waals surface area contributed by atoms with Gasteiger partial charge in [0.1, 0.15) is 0 Å². The van der Waals surface area contributed by atoms with Crippen molar-refractivity contribution >= 4 is 16.7 Å². The van der Waals surface area contributed by atoms with E-state index in [2.05, 4.69) is 15.3 Å². The molecule has 1 aromatic heterocycles. The monoisotopic (exact) mass is 436 g/mol. The number of carbonyl (C=O) groups is 1. The smallest absolute Gasteiger partial charge is 0.274 e. The van der Waals surface area contributed by atoms with Gasteiger partial charge in [0.25, 0.3) is 11.5 Å². The van der Waals surface area contributed by atoms with Gasteiger partial charge < -0.3 is 19.7 Å². The molecule has 168 valence electrons. The molecular weight excluding hydrogens is 408 g/mol. The summed E-state index contributed by atoms with van der Waals surface area (Å²) in [7, 11) is 1.55. The molecule has 0 unspecified atom stereocenters. The number of rotatable bonds is 9. The first-order chi connectivity index (χ1) is 15.7. The first-order valence-electron chi connectivity index (χ1n) is 10.9. The second-order valence-corrected chi connectivity index (χ2v) is 7.79. The van der Waals surface area contributed by atoms with Crippen LogP contribution in [0.15, 0.2) is 53.3 Å². The number of methoxy groups -OCH3 is 1. The number of aromatic nitrogens is 2. The lowest BCUT2D eigenvalue weighted by molar-refractivity contribution is -0.123. The molecule has 1 saturated heterocycles. The third-order valence-corrected chi connectivity index (χ3v) is 5.65. The lowest BCUT2D eigenvalue weighted by Crippen LogP contribution is -2.33. The zero-order valence-electron chi connectivity index (χ0n) is 18.3. The van der Waals surface area contributed by atoms with E-state index in [1.807, 2.05) is 36.4 Å². The van der Waals surface area contributed by atoms with E-state index in [0.29, 0.717) is 29.1 Å². The molecule has 4 rings (SSSR count). The Kier molecular flexibility index (Phi) is 7.01. The van der Waals surface area contributed by atoms with Gasteiger partial charge in [0.2, 0.25) is 0 Å². The summed E-state index contributed by atoms with van der Waals surface area (Å²) >= 11 is 0. The van der Waals surface area contributed by atoms with E-state index in [9.17, 15) is 9.59 Å². The zero-order chi connectivity index (χ0) is 22.3. The summed E-state index contributed by atoms with van der Waals surface area (Å²) in [6, 6.07) is 14.6. The maximum absolute atomic E-state index is 12.9. The lowest BCUT2D eigenvalue weighted by atomic mass is 10.1. The Morgan fingerprint density at radius 2 is 1.69 bits per heavy atom.